The molecular weight excluding hydrogens is 356 g/mol. The first kappa shape index (κ1) is 18.1. The Hall–Kier alpha value is -1.73. The van der Waals surface area contributed by atoms with Crippen LogP contribution in [0.15, 0.2) is 53.5 Å². The topological polar surface area (TPSA) is 57.7 Å². The Morgan fingerprint density at radius 1 is 1.24 bits per heavy atom. The number of anilines is 1. The second-order valence-corrected chi connectivity index (χ2v) is 6.82. The maximum atomic E-state index is 6.18. The summed E-state index contributed by atoms with van der Waals surface area (Å²) in [6.07, 6.45) is 2.89. The molecule has 0 spiro atoms. The van der Waals surface area contributed by atoms with E-state index in [2.05, 4.69) is 40.4 Å². The van der Waals surface area contributed by atoms with Crippen LogP contribution in [0.25, 0.3) is 0 Å². The molecule has 1 aliphatic rings. The lowest BCUT2D eigenvalue weighted by Crippen LogP contribution is -2.30. The number of rotatable bonds is 4. The minimum atomic E-state index is 0.00822. The van der Waals surface area contributed by atoms with Crippen LogP contribution in [0.3, 0.4) is 0 Å². The zero-order chi connectivity index (χ0) is 17.6. The van der Waals surface area contributed by atoms with Crippen molar-refractivity contribution < 1.29 is 4.74 Å². The van der Waals surface area contributed by atoms with Gasteiger partial charge in [-0.2, -0.15) is 0 Å². The van der Waals surface area contributed by atoms with Crippen LogP contribution < -0.4 is 20.9 Å². The Morgan fingerprint density at radius 3 is 2.72 bits per heavy atom. The van der Waals surface area contributed by atoms with Crippen LogP contribution in [0.1, 0.15) is 18.0 Å². The number of hydrogen-bond acceptors (Lipinski definition) is 5. The number of nitrogens with one attached hydrogen (secondary N) is 3. The third-order valence-corrected chi connectivity index (χ3v) is 4.84. The van der Waals surface area contributed by atoms with E-state index in [9.17, 15) is 0 Å². The van der Waals surface area contributed by atoms with Gasteiger partial charge in [0.2, 0.25) is 0 Å². The number of halogens is 1. The first-order chi connectivity index (χ1) is 12.2. The van der Waals surface area contributed by atoms with E-state index in [1.807, 2.05) is 30.5 Å². The van der Waals surface area contributed by atoms with Crippen LogP contribution in [0, 0.1) is 0 Å². The van der Waals surface area contributed by atoms with E-state index < -0.39 is 0 Å². The van der Waals surface area contributed by atoms with Gasteiger partial charge in [-0.25, -0.2) is 15.8 Å². The highest BCUT2D eigenvalue weighted by Gasteiger charge is 2.24. The lowest BCUT2D eigenvalue weighted by atomic mass is 10.1. The van der Waals surface area contributed by atoms with Gasteiger partial charge in [-0.15, -0.1) is 0 Å². The largest absolute Gasteiger partial charge is 0.495 e. The van der Waals surface area contributed by atoms with Gasteiger partial charge in [0.25, 0.3) is 0 Å². The number of aliphatic imine (C=N–C) groups is 1. The van der Waals surface area contributed by atoms with Gasteiger partial charge in [0.05, 0.1) is 12.1 Å². The number of amidine groups is 1. The monoisotopic (exact) mass is 376 g/mol. The molecule has 1 fully saturated rings. The standard InChI is InChI=1S/C18H21ClN4OS/c1-24-16-9-8-13(10-14(16)19)20-18(25-2)21-17-11-15(22-23-17)12-6-4-3-5-7-12/h3-10,15,17,22-23H,11H2,1-2H3,(H,20,21). The highest BCUT2D eigenvalue weighted by atomic mass is 35.5. The second kappa shape index (κ2) is 8.58. The van der Waals surface area contributed by atoms with Crippen LogP contribution in [0.4, 0.5) is 5.69 Å². The Labute approximate surface area is 157 Å². The maximum absolute atomic E-state index is 6.18. The molecule has 7 heteroatoms. The number of hydrogen-bond donors (Lipinski definition) is 3. The molecule has 0 saturated carbocycles. The van der Waals surface area contributed by atoms with Gasteiger partial charge in [-0.05, 0) is 30.0 Å². The van der Waals surface area contributed by atoms with Crippen molar-refractivity contribution in [3.05, 3.63) is 59.1 Å². The molecule has 0 aliphatic carbocycles. The van der Waals surface area contributed by atoms with Crippen molar-refractivity contribution in [1.82, 2.24) is 10.9 Å². The summed E-state index contributed by atoms with van der Waals surface area (Å²) in [6, 6.07) is 16.2. The zero-order valence-electron chi connectivity index (χ0n) is 14.1. The molecule has 132 valence electrons. The van der Waals surface area contributed by atoms with Crippen LogP contribution >= 0.6 is 23.4 Å². The fourth-order valence-electron chi connectivity index (χ4n) is 2.67. The normalized spacial score (nSPS) is 20.5. The van der Waals surface area contributed by atoms with Crippen LogP contribution in [-0.2, 0) is 0 Å². The molecule has 3 N–H and O–H groups in total. The number of benzene rings is 2. The molecule has 0 bridgehead atoms. The van der Waals surface area contributed by atoms with Crippen molar-refractivity contribution in [2.45, 2.75) is 18.6 Å². The molecule has 0 amide bonds. The number of thioether (sulfide) groups is 1. The summed E-state index contributed by atoms with van der Waals surface area (Å²) in [7, 11) is 1.60. The Bertz CT molecular complexity index is 741. The van der Waals surface area contributed by atoms with Crippen LogP contribution in [-0.4, -0.2) is 24.7 Å². The molecular formula is C18H21ClN4OS. The molecule has 3 rings (SSSR count). The van der Waals surface area contributed by atoms with Crippen LogP contribution in [0.5, 0.6) is 5.75 Å². The van der Waals surface area contributed by atoms with Gasteiger partial charge >= 0.3 is 0 Å². The minimum Gasteiger partial charge on any atom is -0.495 e. The van der Waals surface area contributed by atoms with E-state index in [-0.39, 0.29) is 12.2 Å². The number of hydrazine groups is 1. The number of ether oxygens (including phenoxy) is 1. The minimum absolute atomic E-state index is 0.00822. The van der Waals surface area contributed by atoms with E-state index in [4.69, 9.17) is 21.3 Å². The van der Waals surface area contributed by atoms with Crippen molar-refractivity contribution in [2.24, 2.45) is 4.99 Å². The number of nitrogens with zero attached hydrogens (tertiary/aromatic N) is 1. The summed E-state index contributed by atoms with van der Waals surface area (Å²) in [5.74, 6) is 0.655. The van der Waals surface area contributed by atoms with Gasteiger partial charge in [0.15, 0.2) is 5.17 Å². The zero-order valence-corrected chi connectivity index (χ0v) is 15.7. The van der Waals surface area contributed by atoms with E-state index >= 15 is 0 Å². The van der Waals surface area contributed by atoms with Gasteiger partial charge in [0, 0.05) is 18.2 Å². The molecule has 5 nitrogen and oxygen atoms in total. The molecule has 1 saturated heterocycles. The molecule has 2 aromatic rings. The maximum Gasteiger partial charge on any atom is 0.162 e. The summed E-state index contributed by atoms with van der Waals surface area (Å²) in [5.41, 5.74) is 8.69. The van der Waals surface area contributed by atoms with Crippen molar-refractivity contribution in [2.75, 3.05) is 18.7 Å². The van der Waals surface area contributed by atoms with E-state index in [1.54, 1.807) is 18.9 Å². The highest BCUT2D eigenvalue weighted by Crippen LogP contribution is 2.28. The Balaban J connectivity index is 1.66. The van der Waals surface area contributed by atoms with Gasteiger partial charge in [-0.3, -0.25) is 0 Å². The average molecular weight is 377 g/mol. The predicted molar refractivity (Wildman–Crippen MR) is 106 cm³/mol. The van der Waals surface area contributed by atoms with Crippen molar-refractivity contribution in [1.29, 1.82) is 0 Å². The molecule has 0 aromatic heterocycles. The van der Waals surface area contributed by atoms with Crippen LogP contribution in [0.2, 0.25) is 5.02 Å². The lowest BCUT2D eigenvalue weighted by Gasteiger charge is -2.12. The average Bonchev–Trinajstić information content (AvgIpc) is 3.10. The summed E-state index contributed by atoms with van der Waals surface area (Å²) in [6.45, 7) is 0. The molecule has 2 aromatic carbocycles. The smallest absolute Gasteiger partial charge is 0.162 e. The van der Waals surface area contributed by atoms with Gasteiger partial charge < -0.3 is 10.1 Å². The lowest BCUT2D eigenvalue weighted by molar-refractivity contribution is 0.415. The SMILES string of the molecule is COc1ccc(N/C(=N/C2CC(c3ccccc3)NN2)SC)cc1Cl. The summed E-state index contributed by atoms with van der Waals surface area (Å²) < 4.78 is 5.18. The second-order valence-electron chi connectivity index (χ2n) is 5.62. The third kappa shape index (κ3) is 4.67. The summed E-state index contributed by atoms with van der Waals surface area (Å²) in [5, 5.41) is 4.70. The van der Waals surface area contributed by atoms with Crippen molar-refractivity contribution in [3.8, 4) is 5.75 Å². The fraction of sp³-hybridized carbons (Fsp3) is 0.278. The highest BCUT2D eigenvalue weighted by molar-refractivity contribution is 8.13. The molecule has 1 aliphatic heterocycles. The first-order valence-corrected chi connectivity index (χ1v) is 9.58. The van der Waals surface area contributed by atoms with E-state index in [0.717, 1.165) is 17.3 Å². The molecule has 2 atom stereocenters. The fourth-order valence-corrected chi connectivity index (χ4v) is 3.38. The van der Waals surface area contributed by atoms with Crippen molar-refractivity contribution >= 4 is 34.2 Å². The molecule has 0 radical (unpaired) electrons. The molecule has 1 heterocycles. The summed E-state index contributed by atoms with van der Waals surface area (Å²) >= 11 is 7.74. The first-order valence-electron chi connectivity index (χ1n) is 7.98. The number of methoxy groups -OCH3 is 1. The van der Waals surface area contributed by atoms with Gasteiger partial charge in [0.1, 0.15) is 11.9 Å². The van der Waals surface area contributed by atoms with Crippen molar-refractivity contribution in [3.63, 3.8) is 0 Å². The third-order valence-electron chi connectivity index (χ3n) is 3.95. The summed E-state index contributed by atoms with van der Waals surface area (Å²) in [4.78, 5) is 4.76. The quantitative estimate of drug-likeness (QED) is 0.555. The predicted octanol–water partition coefficient (Wildman–Crippen LogP) is 4.04. The van der Waals surface area contributed by atoms with Gasteiger partial charge in [-0.1, -0.05) is 53.7 Å². The van der Waals surface area contributed by atoms with E-state index in [0.29, 0.717) is 10.8 Å². The molecule has 25 heavy (non-hydrogen) atoms. The molecule has 2 unspecified atom stereocenters. The van der Waals surface area contributed by atoms with E-state index in [1.165, 1.54) is 5.56 Å². The Kier molecular flexibility index (Phi) is 6.20. The Morgan fingerprint density at radius 2 is 2.04 bits per heavy atom.